The van der Waals surface area contributed by atoms with Gasteiger partial charge in [0.1, 0.15) is 0 Å². The maximum absolute atomic E-state index is 5.08. The van der Waals surface area contributed by atoms with Crippen LogP contribution >= 0.6 is 11.8 Å². The average molecular weight is 133 g/mol. The van der Waals surface area contributed by atoms with Gasteiger partial charge in [-0.1, -0.05) is 0 Å². The highest BCUT2D eigenvalue weighted by atomic mass is 32.2. The molecule has 0 amide bonds. The van der Waals surface area contributed by atoms with Crippen molar-refractivity contribution in [3.8, 4) is 0 Å². The minimum Gasteiger partial charge on any atom is -0.370 e. The van der Waals surface area contributed by atoms with Crippen LogP contribution < -0.4 is 11.5 Å². The van der Waals surface area contributed by atoms with Gasteiger partial charge >= 0.3 is 0 Å². The second-order valence-corrected chi connectivity index (χ2v) is 2.54. The van der Waals surface area contributed by atoms with Crippen molar-refractivity contribution < 1.29 is 0 Å². The topological polar surface area (TPSA) is 64.4 Å². The van der Waals surface area contributed by atoms with E-state index < -0.39 is 0 Å². The third-order valence-electron chi connectivity index (χ3n) is 0.672. The van der Waals surface area contributed by atoms with Crippen molar-refractivity contribution in [1.29, 1.82) is 0 Å². The van der Waals surface area contributed by atoms with Gasteiger partial charge < -0.3 is 11.5 Å². The van der Waals surface area contributed by atoms with E-state index in [0.717, 1.165) is 0 Å². The lowest BCUT2D eigenvalue weighted by Crippen LogP contribution is -2.24. The molecule has 48 valence electrons. The van der Waals surface area contributed by atoms with Crippen LogP contribution in [-0.4, -0.2) is 17.6 Å². The molecular formula is C4H11N3S. The summed E-state index contributed by atoms with van der Waals surface area (Å²) in [4.78, 5) is 3.83. The molecule has 0 aromatic carbocycles. The van der Waals surface area contributed by atoms with E-state index in [0.29, 0.717) is 0 Å². The van der Waals surface area contributed by atoms with Crippen LogP contribution in [0.25, 0.3) is 0 Å². The van der Waals surface area contributed by atoms with Gasteiger partial charge in [0.15, 0.2) is 5.96 Å². The summed E-state index contributed by atoms with van der Waals surface area (Å²) in [6.45, 7) is 1.93. The smallest absolute Gasteiger partial charge is 0.187 e. The lowest BCUT2D eigenvalue weighted by atomic mass is 10.8. The number of rotatable bonds is 2. The number of hydrogen-bond donors (Lipinski definition) is 2. The van der Waals surface area contributed by atoms with E-state index in [-0.39, 0.29) is 11.3 Å². The lowest BCUT2D eigenvalue weighted by Gasteiger charge is -1.99. The molecule has 0 saturated heterocycles. The molecule has 0 aliphatic rings. The Balaban J connectivity index is 3.51. The Bertz CT molecular complexity index is 87.3. The maximum Gasteiger partial charge on any atom is 0.187 e. The van der Waals surface area contributed by atoms with Gasteiger partial charge in [0.05, 0.1) is 5.37 Å². The van der Waals surface area contributed by atoms with Crippen molar-refractivity contribution in [2.24, 2.45) is 16.5 Å². The van der Waals surface area contributed by atoms with Crippen LogP contribution in [0, 0.1) is 0 Å². The Morgan fingerprint density at radius 3 is 2.25 bits per heavy atom. The molecule has 0 saturated carbocycles. The maximum atomic E-state index is 5.08. The Morgan fingerprint density at radius 2 is 2.12 bits per heavy atom. The predicted octanol–water partition coefficient (Wildman–Crippen LogP) is -0.0312. The number of nitrogens with two attached hydrogens (primary N) is 2. The van der Waals surface area contributed by atoms with E-state index in [1.165, 1.54) is 0 Å². The summed E-state index contributed by atoms with van der Waals surface area (Å²) >= 11 is 1.61. The first-order valence-electron chi connectivity index (χ1n) is 2.28. The van der Waals surface area contributed by atoms with Gasteiger partial charge in [-0.2, -0.15) is 0 Å². The molecule has 0 bridgehead atoms. The molecule has 0 radical (unpaired) electrons. The van der Waals surface area contributed by atoms with Gasteiger partial charge in [0.25, 0.3) is 0 Å². The van der Waals surface area contributed by atoms with Crippen molar-refractivity contribution in [3.05, 3.63) is 0 Å². The Kier molecular flexibility index (Phi) is 3.43. The molecule has 0 rings (SSSR count). The molecule has 4 N–H and O–H groups in total. The summed E-state index contributed by atoms with van der Waals surface area (Å²) in [7, 11) is 0. The molecule has 0 aromatic heterocycles. The van der Waals surface area contributed by atoms with Crippen LogP contribution in [0.4, 0.5) is 0 Å². The first kappa shape index (κ1) is 7.62. The summed E-state index contributed by atoms with van der Waals surface area (Å²) in [5, 5.41) is 0.181. The number of nitrogens with zero attached hydrogens (tertiary/aromatic N) is 1. The molecule has 0 aliphatic heterocycles. The largest absolute Gasteiger partial charge is 0.370 e. The van der Waals surface area contributed by atoms with E-state index >= 15 is 0 Å². The predicted molar refractivity (Wildman–Crippen MR) is 38.8 cm³/mol. The van der Waals surface area contributed by atoms with Crippen LogP contribution in [0.15, 0.2) is 4.99 Å². The minimum absolute atomic E-state index is 0.159. The Hall–Kier alpha value is -0.380. The van der Waals surface area contributed by atoms with Gasteiger partial charge in [0, 0.05) is 0 Å². The molecule has 0 spiro atoms. The van der Waals surface area contributed by atoms with E-state index in [1.807, 2.05) is 13.2 Å². The highest BCUT2D eigenvalue weighted by molar-refractivity contribution is 7.99. The van der Waals surface area contributed by atoms with Gasteiger partial charge in [-0.15, -0.1) is 11.8 Å². The lowest BCUT2D eigenvalue weighted by molar-refractivity contribution is 1.04. The number of guanidine groups is 1. The molecule has 4 heteroatoms. The second-order valence-electron chi connectivity index (χ2n) is 1.39. The third-order valence-corrected chi connectivity index (χ3v) is 1.46. The molecule has 1 unspecified atom stereocenters. The monoisotopic (exact) mass is 133 g/mol. The van der Waals surface area contributed by atoms with Crippen molar-refractivity contribution in [2.75, 3.05) is 6.26 Å². The number of aliphatic imine (C=N–C) groups is 1. The van der Waals surface area contributed by atoms with Crippen LogP contribution in [0.3, 0.4) is 0 Å². The molecule has 0 aromatic rings. The SMILES string of the molecule is CSC(C)N=C(N)N. The molecule has 0 aliphatic carbocycles. The van der Waals surface area contributed by atoms with Gasteiger partial charge in [-0.3, -0.25) is 0 Å². The zero-order valence-electron chi connectivity index (χ0n) is 5.09. The van der Waals surface area contributed by atoms with Gasteiger partial charge in [0.2, 0.25) is 0 Å². The number of thioether (sulfide) groups is 1. The Labute approximate surface area is 53.5 Å². The highest BCUT2D eigenvalue weighted by Gasteiger charge is 1.91. The average Bonchev–Trinajstić information content (AvgIpc) is 1.65. The minimum atomic E-state index is 0.159. The summed E-state index contributed by atoms with van der Waals surface area (Å²) in [5.74, 6) is 0.159. The molecule has 0 heterocycles. The van der Waals surface area contributed by atoms with Gasteiger partial charge in [-0.25, -0.2) is 4.99 Å². The molecule has 3 nitrogen and oxygen atoms in total. The Morgan fingerprint density at radius 1 is 1.62 bits per heavy atom. The van der Waals surface area contributed by atoms with Crippen molar-refractivity contribution >= 4 is 17.7 Å². The quantitative estimate of drug-likeness (QED) is 0.410. The van der Waals surface area contributed by atoms with E-state index in [2.05, 4.69) is 4.99 Å². The summed E-state index contributed by atoms with van der Waals surface area (Å²) in [6, 6.07) is 0. The second kappa shape index (κ2) is 3.60. The summed E-state index contributed by atoms with van der Waals surface area (Å²) < 4.78 is 0. The van der Waals surface area contributed by atoms with Crippen molar-refractivity contribution in [3.63, 3.8) is 0 Å². The third kappa shape index (κ3) is 3.80. The zero-order chi connectivity index (χ0) is 6.57. The molecule has 8 heavy (non-hydrogen) atoms. The van der Waals surface area contributed by atoms with Crippen molar-refractivity contribution in [1.82, 2.24) is 0 Å². The fraction of sp³-hybridized carbons (Fsp3) is 0.750. The molecule has 1 atom stereocenters. The fourth-order valence-electron chi connectivity index (χ4n) is 0.263. The highest BCUT2D eigenvalue weighted by Crippen LogP contribution is 2.04. The summed E-state index contributed by atoms with van der Waals surface area (Å²) in [6.07, 6.45) is 1.96. The van der Waals surface area contributed by atoms with Crippen LogP contribution in [0.1, 0.15) is 6.92 Å². The van der Waals surface area contributed by atoms with E-state index in [1.54, 1.807) is 11.8 Å². The fourth-order valence-corrected chi connectivity index (χ4v) is 0.490. The van der Waals surface area contributed by atoms with Gasteiger partial charge in [-0.05, 0) is 13.2 Å². The normalized spacial score (nSPS) is 12.8. The summed E-state index contributed by atoms with van der Waals surface area (Å²) in [5.41, 5.74) is 10.2. The van der Waals surface area contributed by atoms with Crippen molar-refractivity contribution in [2.45, 2.75) is 12.3 Å². The first-order chi connectivity index (χ1) is 3.66. The van der Waals surface area contributed by atoms with E-state index in [4.69, 9.17) is 11.5 Å². The number of hydrogen-bond acceptors (Lipinski definition) is 2. The molecule has 0 fully saturated rings. The van der Waals surface area contributed by atoms with Crippen LogP contribution in [0.5, 0.6) is 0 Å². The molecular weight excluding hydrogens is 122 g/mol. The standard InChI is InChI=1S/C4H11N3S/c1-3(8-2)7-4(5)6/h3H,1-2H3,(H4,5,6,7). The van der Waals surface area contributed by atoms with Crippen LogP contribution in [-0.2, 0) is 0 Å². The van der Waals surface area contributed by atoms with E-state index in [9.17, 15) is 0 Å². The first-order valence-corrected chi connectivity index (χ1v) is 3.57. The van der Waals surface area contributed by atoms with Crippen LogP contribution in [0.2, 0.25) is 0 Å². The zero-order valence-corrected chi connectivity index (χ0v) is 5.90.